The van der Waals surface area contributed by atoms with E-state index in [0.717, 1.165) is 50.3 Å². The second-order valence-electron chi connectivity index (χ2n) is 7.29. The van der Waals surface area contributed by atoms with Gasteiger partial charge in [0, 0.05) is 22.8 Å². The zero-order valence-electron chi connectivity index (χ0n) is 18.4. The molecule has 0 amide bonds. The summed E-state index contributed by atoms with van der Waals surface area (Å²) in [4.78, 5) is 0. The van der Waals surface area contributed by atoms with Gasteiger partial charge in [-0.2, -0.15) is 8.42 Å². The maximum atomic E-state index is 11.0. The van der Waals surface area contributed by atoms with Crippen LogP contribution in [0.5, 0.6) is 0 Å². The number of hydrogen-bond donors (Lipinski definition) is 4. The van der Waals surface area contributed by atoms with E-state index in [-0.39, 0.29) is 62.8 Å². The number of rotatable bonds is 14. The minimum atomic E-state index is -5.07. The quantitative estimate of drug-likeness (QED) is 0.0328. The normalized spacial score (nSPS) is 27.6. The minimum absolute atomic E-state index is 0. The average Bonchev–Trinajstić information content (AvgIpc) is 2.69. The fraction of sp³-hybridized carbons (Fsp3) is 0.941. The summed E-state index contributed by atoms with van der Waals surface area (Å²) in [7, 11) is -5.83. The van der Waals surface area contributed by atoms with Gasteiger partial charge in [-0.15, -0.1) is 0 Å². The maximum absolute atomic E-state index is 11.0. The van der Waals surface area contributed by atoms with E-state index in [2.05, 4.69) is 9.44 Å². The zero-order valence-corrected chi connectivity index (χ0v) is 23.9. The number of hydrogen-bond acceptors (Lipinski definition) is 12. The molecule has 1 fully saturated rings. The Kier molecular flexibility index (Phi) is 18.4. The van der Waals surface area contributed by atoms with Gasteiger partial charge in [-0.05, 0) is 19.3 Å². The molecule has 0 saturated carbocycles. The first-order valence-corrected chi connectivity index (χ1v) is 14.0. The molecule has 0 radical (unpaired) electrons. The third-order valence-corrected chi connectivity index (χ3v) is 6.95. The van der Waals surface area contributed by atoms with E-state index < -0.39 is 57.7 Å². The Morgan fingerprint density at radius 1 is 1.06 bits per heavy atom. The number of nitrogens with zero attached hydrogens (tertiary/aromatic N) is 1. The van der Waals surface area contributed by atoms with Crippen molar-refractivity contribution in [3.63, 3.8) is 0 Å². The van der Waals surface area contributed by atoms with Gasteiger partial charge in [-0.1, -0.05) is 49.0 Å². The number of unbranched alkanes of at least 4 members (excludes halogenated alkanes) is 6. The monoisotopic (exact) mass is 545 g/mol. The predicted molar refractivity (Wildman–Crippen MR) is 115 cm³/mol. The third kappa shape index (κ3) is 14.0. The van der Waals surface area contributed by atoms with Crippen molar-refractivity contribution in [1.82, 2.24) is 0 Å². The molecule has 1 aliphatic heterocycles. The first-order chi connectivity index (χ1) is 14.5. The van der Waals surface area contributed by atoms with Crippen LogP contribution in [0.3, 0.4) is 0 Å². The molecule has 0 aliphatic carbocycles. The number of aliphatic hydroxyl groups is 4. The molecule has 0 aromatic heterocycles. The molecule has 6 atom stereocenters. The van der Waals surface area contributed by atoms with E-state index in [4.69, 9.17) is 4.74 Å². The molecular formula is C17H32KNO10S3. The van der Waals surface area contributed by atoms with Crippen LogP contribution in [0.2, 0.25) is 0 Å². The number of aliphatic hydroxyl groups excluding tert-OH is 4. The molecule has 4 N–H and O–H groups in total. The predicted octanol–water partition coefficient (Wildman–Crippen LogP) is -3.19. The Balaban J connectivity index is 0.00000961. The SMILES string of the molecule is CS(=O)CCCCCCCCC/C(=N\OS(=O)(=O)[O-])SC1OC(CO)C(O)C(O)C1O.[K+]. The third-order valence-electron chi connectivity index (χ3n) is 4.65. The fourth-order valence-electron chi connectivity index (χ4n) is 2.98. The molecule has 1 heterocycles. The van der Waals surface area contributed by atoms with Crippen molar-refractivity contribution in [2.24, 2.45) is 5.16 Å². The first kappa shape index (κ1) is 33.3. The summed E-state index contributed by atoms with van der Waals surface area (Å²) in [6, 6.07) is 0. The van der Waals surface area contributed by atoms with E-state index in [1.807, 2.05) is 0 Å². The summed E-state index contributed by atoms with van der Waals surface area (Å²) >= 11 is 0.755. The van der Waals surface area contributed by atoms with E-state index in [1.165, 1.54) is 0 Å². The van der Waals surface area contributed by atoms with E-state index in [9.17, 15) is 37.6 Å². The summed E-state index contributed by atoms with van der Waals surface area (Å²) in [6.07, 6.45) is 2.45. The van der Waals surface area contributed by atoms with Crippen LogP contribution in [0, 0.1) is 0 Å². The average molecular weight is 546 g/mol. The Bertz CT molecular complexity index is 679. The number of ether oxygens (including phenoxy) is 1. The van der Waals surface area contributed by atoms with Gasteiger partial charge < -0.3 is 29.7 Å². The molecule has 0 aromatic carbocycles. The summed E-state index contributed by atoms with van der Waals surface area (Å²) < 4.78 is 52.5. The second-order valence-corrected chi connectivity index (χ2v) is 11.0. The molecule has 1 aliphatic rings. The fourth-order valence-corrected chi connectivity index (χ4v) is 4.93. The molecule has 0 spiro atoms. The van der Waals surface area contributed by atoms with Crippen LogP contribution in [-0.2, 0) is 30.2 Å². The summed E-state index contributed by atoms with van der Waals surface area (Å²) in [5.74, 6) is 0.706. The van der Waals surface area contributed by atoms with Crippen LogP contribution >= 0.6 is 11.8 Å². The Hall–Kier alpha value is 1.32. The molecule has 184 valence electrons. The van der Waals surface area contributed by atoms with Gasteiger partial charge in [-0.3, -0.25) is 8.49 Å². The van der Waals surface area contributed by atoms with Crippen molar-refractivity contribution in [2.45, 2.75) is 81.2 Å². The van der Waals surface area contributed by atoms with Crippen LogP contribution in [0.15, 0.2) is 5.16 Å². The smallest absolute Gasteiger partial charge is 0.714 e. The molecule has 1 rings (SSSR count). The number of thioether (sulfide) groups is 1. The molecule has 15 heteroatoms. The van der Waals surface area contributed by atoms with Crippen LogP contribution in [0.1, 0.15) is 51.4 Å². The Morgan fingerprint density at radius 2 is 1.62 bits per heavy atom. The van der Waals surface area contributed by atoms with Gasteiger partial charge >= 0.3 is 51.4 Å². The minimum Gasteiger partial charge on any atom is -0.714 e. The first-order valence-electron chi connectivity index (χ1n) is 10.0. The molecule has 11 nitrogen and oxygen atoms in total. The zero-order chi connectivity index (χ0) is 23.4. The van der Waals surface area contributed by atoms with E-state index in [0.29, 0.717) is 12.2 Å². The van der Waals surface area contributed by atoms with Crippen molar-refractivity contribution < 1.29 is 98.0 Å². The van der Waals surface area contributed by atoms with Crippen molar-refractivity contribution in [3.05, 3.63) is 0 Å². The molecule has 32 heavy (non-hydrogen) atoms. The van der Waals surface area contributed by atoms with E-state index >= 15 is 0 Å². The van der Waals surface area contributed by atoms with Gasteiger partial charge in [0.1, 0.15) is 34.9 Å². The second kappa shape index (κ2) is 17.7. The van der Waals surface area contributed by atoms with Crippen molar-refractivity contribution in [1.29, 1.82) is 0 Å². The molecular weight excluding hydrogens is 513 g/mol. The summed E-state index contributed by atoms with van der Waals surface area (Å²) in [6.45, 7) is -0.603. The van der Waals surface area contributed by atoms with Crippen LogP contribution in [0.4, 0.5) is 0 Å². The van der Waals surface area contributed by atoms with Crippen LogP contribution in [0.25, 0.3) is 0 Å². The molecule has 1 saturated heterocycles. The Labute approximate surface area is 238 Å². The van der Waals surface area contributed by atoms with Gasteiger partial charge in [-0.25, -0.2) is 0 Å². The van der Waals surface area contributed by atoms with Crippen LogP contribution in [-0.4, -0.2) is 91.1 Å². The largest absolute Gasteiger partial charge is 1.00 e. The van der Waals surface area contributed by atoms with Crippen molar-refractivity contribution in [2.75, 3.05) is 18.6 Å². The van der Waals surface area contributed by atoms with E-state index in [1.54, 1.807) is 6.26 Å². The van der Waals surface area contributed by atoms with Gasteiger partial charge in [0.05, 0.1) is 6.61 Å². The standard InChI is InChI=1S/C17H33NO10S3.K/c1-30(23)10-8-6-4-2-3-5-7-9-13(18-28-31(24,25)26)29-17-16(22)15(21)14(20)12(11-19)27-17;/h12,14-17,19-22H,2-11H2,1H3,(H,24,25,26);/q;+1/p-1/b18-13+;. The summed E-state index contributed by atoms with van der Waals surface area (Å²) in [5.41, 5.74) is -1.16. The van der Waals surface area contributed by atoms with Crippen molar-refractivity contribution >= 4 is 38.0 Å². The molecule has 0 aromatic rings. The van der Waals surface area contributed by atoms with Crippen LogP contribution < -0.4 is 51.4 Å². The topological polar surface area (TPSA) is 186 Å². The Morgan fingerprint density at radius 3 is 2.16 bits per heavy atom. The molecule has 0 bridgehead atoms. The van der Waals surface area contributed by atoms with Gasteiger partial charge in [0.25, 0.3) is 10.4 Å². The summed E-state index contributed by atoms with van der Waals surface area (Å²) in [5, 5.41) is 42.5. The number of oxime groups is 1. The molecule has 6 unspecified atom stereocenters. The van der Waals surface area contributed by atoms with Crippen molar-refractivity contribution in [3.8, 4) is 0 Å². The van der Waals surface area contributed by atoms with Gasteiger partial charge in [0.2, 0.25) is 0 Å². The van der Waals surface area contributed by atoms with Gasteiger partial charge in [0.15, 0.2) is 0 Å². The maximum Gasteiger partial charge on any atom is 1.00 e.